The Hall–Kier alpha value is -1.25. The van der Waals surface area contributed by atoms with E-state index < -0.39 is 0 Å². The lowest BCUT2D eigenvalue weighted by molar-refractivity contribution is 0.632. The predicted molar refractivity (Wildman–Crippen MR) is 45.5 cm³/mol. The van der Waals surface area contributed by atoms with Crippen LogP contribution in [0.5, 0.6) is 0 Å². The largest absolute Gasteiger partial charge is 0.388 e. The van der Waals surface area contributed by atoms with Gasteiger partial charge >= 0.3 is 0 Å². The van der Waals surface area contributed by atoms with E-state index in [0.717, 1.165) is 5.69 Å². The zero-order chi connectivity index (χ0) is 8.27. The van der Waals surface area contributed by atoms with Gasteiger partial charge in [-0.05, 0) is 18.2 Å². The van der Waals surface area contributed by atoms with Crippen LogP contribution in [0.3, 0.4) is 0 Å². The van der Waals surface area contributed by atoms with Crippen LogP contribution in [0, 0.1) is 5.82 Å². The van der Waals surface area contributed by atoms with Crippen molar-refractivity contribution in [2.75, 3.05) is 24.7 Å². The first kappa shape index (κ1) is 7.85. The molecule has 1 rings (SSSR count). The van der Waals surface area contributed by atoms with Gasteiger partial charge in [0.05, 0.1) is 5.69 Å². The molecule has 0 unspecified atom stereocenters. The van der Waals surface area contributed by atoms with E-state index in [1.807, 2.05) is 6.07 Å². The van der Waals surface area contributed by atoms with E-state index in [2.05, 4.69) is 10.6 Å². The van der Waals surface area contributed by atoms with Gasteiger partial charge in [0.15, 0.2) is 0 Å². The third kappa shape index (κ3) is 1.61. The highest BCUT2D eigenvalue weighted by Crippen LogP contribution is 2.17. The molecule has 0 aliphatic heterocycles. The molecule has 0 heterocycles. The lowest BCUT2D eigenvalue weighted by Gasteiger charge is -2.04. The molecule has 0 saturated carbocycles. The number of rotatable bonds is 2. The second-order valence-corrected chi connectivity index (χ2v) is 2.19. The normalized spacial score (nSPS) is 9.36. The molecule has 0 saturated heterocycles. The minimum Gasteiger partial charge on any atom is -0.388 e. The number of anilines is 2. The molecule has 0 bridgehead atoms. The molecule has 0 atom stereocenters. The van der Waals surface area contributed by atoms with Gasteiger partial charge < -0.3 is 10.6 Å². The first-order chi connectivity index (χ1) is 5.27. The first-order valence-corrected chi connectivity index (χ1v) is 3.43. The van der Waals surface area contributed by atoms with E-state index in [9.17, 15) is 4.39 Å². The van der Waals surface area contributed by atoms with E-state index in [-0.39, 0.29) is 5.82 Å². The average molecular weight is 154 g/mol. The predicted octanol–water partition coefficient (Wildman–Crippen LogP) is 1.91. The molecule has 0 aromatic heterocycles. The maximum atomic E-state index is 12.9. The Labute approximate surface area is 65.4 Å². The topological polar surface area (TPSA) is 24.1 Å². The number of benzene rings is 1. The molecule has 0 spiro atoms. The van der Waals surface area contributed by atoms with Crippen LogP contribution in [0.25, 0.3) is 0 Å². The van der Waals surface area contributed by atoms with Crippen molar-refractivity contribution in [3.63, 3.8) is 0 Å². The summed E-state index contributed by atoms with van der Waals surface area (Å²) in [5.41, 5.74) is 1.30. The minimum atomic E-state index is -0.237. The molecular formula is C8H11FN2. The summed E-state index contributed by atoms with van der Waals surface area (Å²) in [5, 5.41) is 5.60. The van der Waals surface area contributed by atoms with Crippen LogP contribution in [0.2, 0.25) is 0 Å². The van der Waals surface area contributed by atoms with E-state index in [0.29, 0.717) is 5.69 Å². The van der Waals surface area contributed by atoms with Crippen molar-refractivity contribution < 1.29 is 4.39 Å². The van der Waals surface area contributed by atoms with Crippen LogP contribution >= 0.6 is 0 Å². The van der Waals surface area contributed by atoms with E-state index in [1.54, 1.807) is 20.2 Å². The Balaban J connectivity index is 2.99. The highest BCUT2D eigenvalue weighted by molar-refractivity contribution is 5.54. The average Bonchev–Trinajstić information content (AvgIpc) is 2.04. The van der Waals surface area contributed by atoms with Gasteiger partial charge in [-0.1, -0.05) is 0 Å². The van der Waals surface area contributed by atoms with Crippen molar-refractivity contribution in [2.45, 2.75) is 0 Å². The summed E-state index contributed by atoms with van der Waals surface area (Å²) in [5.74, 6) is -0.237. The van der Waals surface area contributed by atoms with Gasteiger partial charge in [0, 0.05) is 19.8 Å². The lowest BCUT2D eigenvalue weighted by Crippen LogP contribution is -1.94. The number of nitrogens with one attached hydrogen (secondary N) is 2. The Morgan fingerprint density at radius 3 is 2.36 bits per heavy atom. The molecule has 0 aliphatic carbocycles. The number of hydrogen-bond donors (Lipinski definition) is 2. The smallest absolute Gasteiger partial charge is 0.148 e. The lowest BCUT2D eigenvalue weighted by atomic mass is 10.2. The first-order valence-electron chi connectivity index (χ1n) is 3.43. The highest BCUT2D eigenvalue weighted by Gasteiger charge is 1.98. The molecule has 3 heteroatoms. The summed E-state index contributed by atoms with van der Waals surface area (Å²) in [6, 6.07) is 4.96. The van der Waals surface area contributed by atoms with Gasteiger partial charge in [-0.25, -0.2) is 4.39 Å². The Kier molecular flexibility index (Phi) is 2.31. The second-order valence-electron chi connectivity index (χ2n) is 2.19. The van der Waals surface area contributed by atoms with Gasteiger partial charge in [-0.3, -0.25) is 0 Å². The van der Waals surface area contributed by atoms with Crippen LogP contribution < -0.4 is 10.6 Å². The zero-order valence-corrected chi connectivity index (χ0v) is 6.61. The monoisotopic (exact) mass is 154 g/mol. The summed E-state index contributed by atoms with van der Waals surface area (Å²) in [4.78, 5) is 0. The van der Waals surface area contributed by atoms with Crippen molar-refractivity contribution in [3.05, 3.63) is 24.0 Å². The van der Waals surface area contributed by atoms with Crippen molar-refractivity contribution in [1.29, 1.82) is 0 Å². The third-order valence-corrected chi connectivity index (χ3v) is 1.53. The van der Waals surface area contributed by atoms with Crippen LogP contribution in [0.15, 0.2) is 18.2 Å². The fraction of sp³-hybridized carbons (Fsp3) is 0.250. The fourth-order valence-electron chi connectivity index (χ4n) is 0.873. The van der Waals surface area contributed by atoms with Gasteiger partial charge in [0.2, 0.25) is 0 Å². The highest BCUT2D eigenvalue weighted by atomic mass is 19.1. The van der Waals surface area contributed by atoms with E-state index in [4.69, 9.17) is 0 Å². The maximum Gasteiger partial charge on any atom is 0.148 e. The summed E-state index contributed by atoms with van der Waals surface area (Å²) >= 11 is 0. The van der Waals surface area contributed by atoms with E-state index in [1.165, 1.54) is 6.07 Å². The molecule has 60 valence electrons. The molecule has 1 aromatic rings. The molecule has 1 aromatic carbocycles. The summed E-state index contributed by atoms with van der Waals surface area (Å²) in [7, 11) is 3.45. The Bertz CT molecular complexity index is 248. The zero-order valence-electron chi connectivity index (χ0n) is 6.61. The van der Waals surface area contributed by atoms with Crippen LogP contribution in [-0.2, 0) is 0 Å². The molecule has 2 N–H and O–H groups in total. The standard InChI is InChI=1S/C8H11FN2/c1-10-6-3-4-8(11-2)7(9)5-6/h3-5,10-11H,1-2H3. The van der Waals surface area contributed by atoms with Crippen LogP contribution in [-0.4, -0.2) is 14.1 Å². The molecule has 0 aliphatic rings. The van der Waals surface area contributed by atoms with Crippen LogP contribution in [0.1, 0.15) is 0 Å². The fourth-order valence-corrected chi connectivity index (χ4v) is 0.873. The van der Waals surface area contributed by atoms with Gasteiger partial charge in [-0.15, -0.1) is 0 Å². The van der Waals surface area contributed by atoms with Gasteiger partial charge in [-0.2, -0.15) is 0 Å². The number of halogens is 1. The maximum absolute atomic E-state index is 12.9. The summed E-state index contributed by atoms with van der Waals surface area (Å²) in [6.07, 6.45) is 0. The molecule has 11 heavy (non-hydrogen) atoms. The molecule has 0 fully saturated rings. The van der Waals surface area contributed by atoms with Crippen molar-refractivity contribution in [2.24, 2.45) is 0 Å². The molecular weight excluding hydrogens is 143 g/mol. The Morgan fingerprint density at radius 2 is 1.91 bits per heavy atom. The quantitative estimate of drug-likeness (QED) is 0.680. The summed E-state index contributed by atoms with van der Waals surface area (Å²) < 4.78 is 12.9. The molecule has 0 radical (unpaired) electrons. The third-order valence-electron chi connectivity index (χ3n) is 1.53. The van der Waals surface area contributed by atoms with E-state index >= 15 is 0 Å². The van der Waals surface area contributed by atoms with Gasteiger partial charge in [0.1, 0.15) is 5.82 Å². The Morgan fingerprint density at radius 1 is 1.18 bits per heavy atom. The molecule has 0 amide bonds. The SMILES string of the molecule is CNc1ccc(NC)c(F)c1. The summed E-state index contributed by atoms with van der Waals surface area (Å²) in [6.45, 7) is 0. The van der Waals surface area contributed by atoms with Crippen molar-refractivity contribution in [3.8, 4) is 0 Å². The molecule has 2 nitrogen and oxygen atoms in total. The van der Waals surface area contributed by atoms with Gasteiger partial charge in [0.25, 0.3) is 0 Å². The van der Waals surface area contributed by atoms with Crippen molar-refractivity contribution >= 4 is 11.4 Å². The van der Waals surface area contributed by atoms with Crippen LogP contribution in [0.4, 0.5) is 15.8 Å². The second kappa shape index (κ2) is 3.23. The number of hydrogen-bond acceptors (Lipinski definition) is 2. The van der Waals surface area contributed by atoms with Crippen molar-refractivity contribution in [1.82, 2.24) is 0 Å². The minimum absolute atomic E-state index is 0.237.